The van der Waals surface area contributed by atoms with Crippen LogP contribution in [-0.2, 0) is 23.9 Å². The predicted octanol–water partition coefficient (Wildman–Crippen LogP) is 5.71. The van der Waals surface area contributed by atoms with Gasteiger partial charge in [0.1, 0.15) is 18.2 Å². The maximum Gasteiger partial charge on any atom is 0.328 e. The highest BCUT2D eigenvalue weighted by atomic mass is 16.6. The topological polar surface area (TPSA) is 81.7 Å². The van der Waals surface area contributed by atoms with Crippen molar-refractivity contribution in [2.24, 2.45) is 11.8 Å². The van der Waals surface area contributed by atoms with Crippen LogP contribution in [0, 0.1) is 11.8 Å². The van der Waals surface area contributed by atoms with Crippen molar-refractivity contribution in [2.75, 3.05) is 0 Å². The summed E-state index contributed by atoms with van der Waals surface area (Å²) in [5, 5.41) is 2.45. The first kappa shape index (κ1) is 28.4. The third-order valence-corrected chi connectivity index (χ3v) is 6.39. The number of cyclic esters (lactones) is 1. The van der Waals surface area contributed by atoms with E-state index >= 15 is 0 Å². The highest BCUT2D eigenvalue weighted by molar-refractivity contribution is 5.79. The lowest BCUT2D eigenvalue weighted by Gasteiger charge is -2.37. The maximum atomic E-state index is 12.3. The fraction of sp³-hybridized carbons (Fsp3) is 0.885. The molecular weight excluding hydrogens is 406 g/mol. The molecule has 32 heavy (non-hydrogen) atoms. The van der Waals surface area contributed by atoms with Crippen molar-refractivity contribution in [3.63, 3.8) is 0 Å². The second-order valence-electron chi connectivity index (χ2n) is 9.82. The van der Waals surface area contributed by atoms with E-state index in [4.69, 9.17) is 9.47 Å². The van der Waals surface area contributed by atoms with Crippen LogP contribution in [0.5, 0.6) is 0 Å². The molecule has 1 amide bonds. The van der Waals surface area contributed by atoms with Crippen LogP contribution in [0.4, 0.5) is 0 Å². The van der Waals surface area contributed by atoms with E-state index < -0.39 is 12.0 Å². The monoisotopic (exact) mass is 453 g/mol. The second kappa shape index (κ2) is 17.0. The lowest BCUT2D eigenvalue weighted by molar-refractivity contribution is -0.190. The van der Waals surface area contributed by atoms with Gasteiger partial charge in [0.25, 0.3) is 0 Å². The summed E-state index contributed by atoms with van der Waals surface area (Å²) in [6.45, 7) is 8.32. The molecule has 6 nitrogen and oxygen atoms in total. The third kappa shape index (κ3) is 11.9. The zero-order valence-electron chi connectivity index (χ0n) is 20.9. The van der Waals surface area contributed by atoms with Crippen molar-refractivity contribution in [1.82, 2.24) is 5.32 Å². The Hall–Kier alpha value is -1.59. The number of unbranched alkanes of at least 4 members (excludes halogenated alkanes) is 8. The van der Waals surface area contributed by atoms with E-state index in [1.807, 2.05) is 0 Å². The van der Waals surface area contributed by atoms with Crippen molar-refractivity contribution in [1.29, 1.82) is 0 Å². The van der Waals surface area contributed by atoms with Gasteiger partial charge in [0.2, 0.25) is 6.41 Å². The van der Waals surface area contributed by atoms with Crippen LogP contribution in [0.25, 0.3) is 0 Å². The Kier molecular flexibility index (Phi) is 15.1. The van der Waals surface area contributed by atoms with Crippen LogP contribution in [0.1, 0.15) is 118 Å². The number of carbonyl (C=O) groups excluding carboxylic acids is 3. The molecule has 0 bridgehead atoms. The molecule has 1 heterocycles. The summed E-state index contributed by atoms with van der Waals surface area (Å²) < 4.78 is 11.1. The molecule has 0 spiro atoms. The van der Waals surface area contributed by atoms with Crippen LogP contribution in [0.3, 0.4) is 0 Å². The van der Waals surface area contributed by atoms with E-state index in [0.717, 1.165) is 44.4 Å². The second-order valence-corrected chi connectivity index (χ2v) is 9.82. The van der Waals surface area contributed by atoms with Gasteiger partial charge in [-0.3, -0.25) is 9.59 Å². The van der Waals surface area contributed by atoms with Crippen LogP contribution in [0.15, 0.2) is 0 Å². The first-order valence-corrected chi connectivity index (χ1v) is 13.0. The van der Waals surface area contributed by atoms with Crippen LogP contribution in [0.2, 0.25) is 0 Å². The fourth-order valence-electron chi connectivity index (χ4n) is 4.26. The quantitative estimate of drug-likeness (QED) is 0.145. The van der Waals surface area contributed by atoms with Crippen molar-refractivity contribution in [3.05, 3.63) is 0 Å². The molecule has 0 aromatic heterocycles. The summed E-state index contributed by atoms with van der Waals surface area (Å²) in [6, 6.07) is -0.675. The van der Waals surface area contributed by atoms with Crippen LogP contribution >= 0.6 is 0 Å². The van der Waals surface area contributed by atoms with E-state index in [2.05, 4.69) is 26.1 Å². The molecule has 0 aliphatic carbocycles. The van der Waals surface area contributed by atoms with Crippen molar-refractivity contribution in [2.45, 2.75) is 136 Å². The summed E-state index contributed by atoms with van der Waals surface area (Å²) >= 11 is 0. The Morgan fingerprint density at radius 3 is 2.25 bits per heavy atom. The molecule has 6 heteroatoms. The van der Waals surface area contributed by atoms with Gasteiger partial charge >= 0.3 is 11.9 Å². The third-order valence-electron chi connectivity index (χ3n) is 6.39. The number of esters is 2. The number of amides is 1. The zero-order chi connectivity index (χ0) is 23.8. The standard InChI is InChI=1S/C26H47NO5/c1-5-6-7-9-13-16-22(31-25(29)21(4)27-19-28)18-24-23(26(30)32-24)17-14-11-8-10-12-15-20(2)3/h19-24H,5-18H2,1-4H3,(H,27,28)/t21-,22-,23-,24-/m1/s1. The van der Waals surface area contributed by atoms with Crippen LogP contribution in [-0.4, -0.2) is 36.6 Å². The van der Waals surface area contributed by atoms with Gasteiger partial charge in [0.05, 0.1) is 5.92 Å². The first-order valence-electron chi connectivity index (χ1n) is 13.0. The number of hydrogen-bond donors (Lipinski definition) is 1. The Balaban J connectivity index is 2.44. The average molecular weight is 454 g/mol. The Morgan fingerprint density at radius 2 is 1.62 bits per heavy atom. The average Bonchev–Trinajstić information content (AvgIpc) is 2.74. The smallest absolute Gasteiger partial charge is 0.328 e. The van der Waals surface area contributed by atoms with E-state index in [-0.39, 0.29) is 24.1 Å². The summed E-state index contributed by atoms with van der Waals surface area (Å²) in [7, 11) is 0. The molecule has 0 aromatic rings. The van der Waals surface area contributed by atoms with Crippen LogP contribution < -0.4 is 5.32 Å². The summed E-state index contributed by atoms with van der Waals surface area (Å²) in [4.78, 5) is 35.0. The van der Waals surface area contributed by atoms with E-state index in [1.54, 1.807) is 6.92 Å². The predicted molar refractivity (Wildman–Crippen MR) is 127 cm³/mol. The van der Waals surface area contributed by atoms with Gasteiger partial charge in [-0.25, -0.2) is 4.79 Å². The van der Waals surface area contributed by atoms with Gasteiger partial charge < -0.3 is 14.8 Å². The molecule has 1 saturated heterocycles. The SMILES string of the molecule is CCCCCCC[C@H](C[C@H]1OC(=O)[C@@H]1CCCCCCCC(C)C)OC(=O)[C@@H](C)NC=O. The Morgan fingerprint density at radius 1 is 1.00 bits per heavy atom. The van der Waals surface area contributed by atoms with Gasteiger partial charge in [-0.2, -0.15) is 0 Å². The number of ether oxygens (including phenoxy) is 2. The number of hydrogen-bond acceptors (Lipinski definition) is 5. The summed E-state index contributed by atoms with van der Waals surface area (Å²) in [5.74, 6) is 0.155. The molecule has 4 atom stereocenters. The number of carbonyl (C=O) groups is 3. The first-order chi connectivity index (χ1) is 15.4. The molecule has 0 aromatic carbocycles. The molecule has 1 rings (SSSR count). The molecule has 0 saturated carbocycles. The largest absolute Gasteiger partial charge is 0.461 e. The molecule has 1 aliphatic rings. The summed E-state index contributed by atoms with van der Waals surface area (Å²) in [6.07, 6.45) is 15.2. The van der Waals surface area contributed by atoms with Crippen molar-refractivity contribution >= 4 is 18.3 Å². The van der Waals surface area contributed by atoms with E-state index in [0.29, 0.717) is 12.8 Å². The Labute approximate surface area is 195 Å². The molecule has 1 N–H and O–H groups in total. The minimum atomic E-state index is -0.675. The zero-order valence-corrected chi connectivity index (χ0v) is 20.9. The Bertz CT molecular complexity index is 536. The van der Waals surface area contributed by atoms with E-state index in [9.17, 15) is 14.4 Å². The van der Waals surface area contributed by atoms with Gasteiger partial charge in [0.15, 0.2) is 0 Å². The molecule has 1 fully saturated rings. The van der Waals surface area contributed by atoms with Gasteiger partial charge in [-0.05, 0) is 32.1 Å². The van der Waals surface area contributed by atoms with Gasteiger partial charge in [-0.15, -0.1) is 0 Å². The van der Waals surface area contributed by atoms with Gasteiger partial charge in [-0.1, -0.05) is 85.0 Å². The number of nitrogens with one attached hydrogen (secondary N) is 1. The highest BCUT2D eigenvalue weighted by Gasteiger charge is 2.43. The molecule has 186 valence electrons. The minimum Gasteiger partial charge on any atom is -0.461 e. The minimum absolute atomic E-state index is 0.0718. The number of rotatable bonds is 20. The van der Waals surface area contributed by atoms with Gasteiger partial charge in [0, 0.05) is 6.42 Å². The molecule has 0 unspecified atom stereocenters. The lowest BCUT2D eigenvalue weighted by Crippen LogP contribution is -2.47. The highest BCUT2D eigenvalue weighted by Crippen LogP contribution is 2.32. The normalized spacial score (nSPS) is 19.7. The van der Waals surface area contributed by atoms with E-state index in [1.165, 1.54) is 44.9 Å². The fourth-order valence-corrected chi connectivity index (χ4v) is 4.26. The van der Waals surface area contributed by atoms with Crippen molar-refractivity contribution in [3.8, 4) is 0 Å². The summed E-state index contributed by atoms with van der Waals surface area (Å²) in [5.41, 5.74) is 0. The molecule has 0 radical (unpaired) electrons. The molecular formula is C26H47NO5. The lowest BCUT2D eigenvalue weighted by atomic mass is 9.86. The maximum absolute atomic E-state index is 12.3. The molecule has 1 aliphatic heterocycles. The van der Waals surface area contributed by atoms with Crippen molar-refractivity contribution < 1.29 is 23.9 Å².